The van der Waals surface area contributed by atoms with Gasteiger partial charge in [0.05, 0.1) is 19.8 Å². The molecule has 0 saturated heterocycles. The highest BCUT2D eigenvalue weighted by Gasteiger charge is 2.32. The van der Waals surface area contributed by atoms with Gasteiger partial charge in [-0.2, -0.15) is 0 Å². The Kier molecular flexibility index (Phi) is 9.51. The van der Waals surface area contributed by atoms with E-state index in [4.69, 9.17) is 25.8 Å². The van der Waals surface area contributed by atoms with Crippen molar-refractivity contribution in [1.82, 2.24) is 0 Å². The van der Waals surface area contributed by atoms with Crippen LogP contribution in [-0.4, -0.2) is 31.7 Å². The van der Waals surface area contributed by atoms with Gasteiger partial charge in [-0.15, -0.1) is 11.6 Å². The van der Waals surface area contributed by atoms with Crippen LogP contribution in [0, 0.1) is 0 Å². The van der Waals surface area contributed by atoms with E-state index in [1.807, 2.05) is 20.8 Å². The van der Waals surface area contributed by atoms with Crippen LogP contribution in [0.15, 0.2) is 0 Å². The Morgan fingerprint density at radius 3 is 1.33 bits per heavy atom. The standard InChI is InChI=1S/C11H23ClO3/c1-4-7-13-11(10-12,14-8-5-2)15-9-6-3/h4-10H2,1-3H3. The Morgan fingerprint density at radius 1 is 0.800 bits per heavy atom. The summed E-state index contributed by atoms with van der Waals surface area (Å²) in [5.74, 6) is -0.837. The smallest absolute Gasteiger partial charge is 0.297 e. The highest BCUT2D eigenvalue weighted by molar-refractivity contribution is 6.18. The maximum absolute atomic E-state index is 5.86. The highest BCUT2D eigenvalue weighted by atomic mass is 35.5. The molecule has 0 N–H and O–H groups in total. The van der Waals surface area contributed by atoms with Crippen LogP contribution in [0.5, 0.6) is 0 Å². The van der Waals surface area contributed by atoms with Crippen molar-refractivity contribution in [2.75, 3.05) is 25.7 Å². The van der Waals surface area contributed by atoms with Crippen LogP contribution >= 0.6 is 11.6 Å². The second-order valence-electron chi connectivity index (χ2n) is 3.36. The van der Waals surface area contributed by atoms with E-state index >= 15 is 0 Å². The molecule has 0 spiro atoms. The van der Waals surface area contributed by atoms with E-state index in [0.717, 1.165) is 19.3 Å². The molecule has 0 aromatic rings. The average molecular weight is 239 g/mol. The first kappa shape index (κ1) is 15.2. The number of halogens is 1. The van der Waals surface area contributed by atoms with E-state index in [1.54, 1.807) is 0 Å². The normalized spacial score (nSPS) is 12.0. The topological polar surface area (TPSA) is 27.7 Å². The molecule has 0 unspecified atom stereocenters. The zero-order valence-corrected chi connectivity index (χ0v) is 10.8. The van der Waals surface area contributed by atoms with Gasteiger partial charge in [-0.05, 0) is 19.3 Å². The van der Waals surface area contributed by atoms with E-state index in [1.165, 1.54) is 0 Å². The molecule has 0 amide bonds. The van der Waals surface area contributed by atoms with Gasteiger partial charge in [-0.1, -0.05) is 20.8 Å². The zero-order chi connectivity index (χ0) is 11.6. The predicted octanol–water partition coefficient (Wildman–Crippen LogP) is 3.16. The summed E-state index contributed by atoms with van der Waals surface area (Å²) in [6.07, 6.45) is 2.76. The number of rotatable bonds is 10. The van der Waals surface area contributed by atoms with Gasteiger partial charge in [-0.3, -0.25) is 0 Å². The van der Waals surface area contributed by atoms with Gasteiger partial charge in [0.2, 0.25) is 0 Å². The predicted molar refractivity (Wildman–Crippen MR) is 62.2 cm³/mol. The number of hydrogen-bond donors (Lipinski definition) is 0. The lowest BCUT2D eigenvalue weighted by Gasteiger charge is -2.31. The van der Waals surface area contributed by atoms with Crippen molar-refractivity contribution in [2.45, 2.75) is 46.0 Å². The summed E-state index contributed by atoms with van der Waals surface area (Å²) in [5, 5.41) is 0. The van der Waals surface area contributed by atoms with Gasteiger partial charge in [0.1, 0.15) is 5.88 Å². The molecule has 0 saturated carbocycles. The maximum atomic E-state index is 5.86. The van der Waals surface area contributed by atoms with Crippen LogP contribution in [0.2, 0.25) is 0 Å². The van der Waals surface area contributed by atoms with Crippen molar-refractivity contribution in [3.8, 4) is 0 Å². The van der Waals surface area contributed by atoms with E-state index in [9.17, 15) is 0 Å². The molecule has 4 heteroatoms. The molecule has 3 nitrogen and oxygen atoms in total. The molecule has 0 atom stereocenters. The molecule has 0 rings (SSSR count). The van der Waals surface area contributed by atoms with Crippen LogP contribution in [0.25, 0.3) is 0 Å². The fraction of sp³-hybridized carbons (Fsp3) is 1.00. The Balaban J connectivity index is 4.16. The van der Waals surface area contributed by atoms with Crippen LogP contribution in [-0.2, 0) is 14.2 Å². The quantitative estimate of drug-likeness (QED) is 0.432. The Bertz CT molecular complexity index is 120. The summed E-state index contributed by atoms with van der Waals surface area (Å²) in [6, 6.07) is 0. The number of hydrogen-bond acceptors (Lipinski definition) is 3. The van der Waals surface area contributed by atoms with Crippen molar-refractivity contribution in [3.05, 3.63) is 0 Å². The first-order valence-electron chi connectivity index (χ1n) is 5.72. The zero-order valence-electron chi connectivity index (χ0n) is 10.1. The van der Waals surface area contributed by atoms with Crippen LogP contribution in [0.3, 0.4) is 0 Å². The minimum atomic E-state index is -1.04. The van der Waals surface area contributed by atoms with Crippen molar-refractivity contribution in [3.63, 3.8) is 0 Å². The summed E-state index contributed by atoms with van der Waals surface area (Å²) >= 11 is 5.86. The third-order valence-corrected chi connectivity index (χ3v) is 2.07. The van der Waals surface area contributed by atoms with Crippen LogP contribution in [0.4, 0.5) is 0 Å². The maximum Gasteiger partial charge on any atom is 0.297 e. The van der Waals surface area contributed by atoms with Crippen molar-refractivity contribution in [2.24, 2.45) is 0 Å². The highest BCUT2D eigenvalue weighted by Crippen LogP contribution is 2.19. The van der Waals surface area contributed by atoms with Gasteiger partial charge in [0.25, 0.3) is 5.97 Å². The van der Waals surface area contributed by atoms with Gasteiger partial charge in [-0.25, -0.2) is 0 Å². The monoisotopic (exact) mass is 238 g/mol. The Labute approximate surface area is 98.0 Å². The van der Waals surface area contributed by atoms with E-state index < -0.39 is 5.97 Å². The van der Waals surface area contributed by atoms with Crippen LogP contribution in [0.1, 0.15) is 40.0 Å². The summed E-state index contributed by atoms with van der Waals surface area (Å²) < 4.78 is 16.7. The molecule has 0 aliphatic heterocycles. The second-order valence-corrected chi connectivity index (χ2v) is 3.63. The molecule has 0 aromatic carbocycles. The van der Waals surface area contributed by atoms with Crippen LogP contribution < -0.4 is 0 Å². The molecular weight excluding hydrogens is 216 g/mol. The summed E-state index contributed by atoms with van der Waals surface area (Å²) in [4.78, 5) is 0. The Hall–Kier alpha value is 0.170. The lowest BCUT2D eigenvalue weighted by Crippen LogP contribution is -2.42. The third-order valence-electron chi connectivity index (χ3n) is 1.74. The molecule has 0 bridgehead atoms. The molecule has 0 aliphatic carbocycles. The molecule has 92 valence electrons. The van der Waals surface area contributed by atoms with Gasteiger partial charge >= 0.3 is 0 Å². The van der Waals surface area contributed by atoms with E-state index in [2.05, 4.69) is 0 Å². The van der Waals surface area contributed by atoms with Gasteiger partial charge < -0.3 is 14.2 Å². The van der Waals surface area contributed by atoms with E-state index in [0.29, 0.717) is 19.8 Å². The first-order chi connectivity index (χ1) is 7.24. The SMILES string of the molecule is CCCOC(CCl)(OCCC)OCCC. The summed E-state index contributed by atoms with van der Waals surface area (Å²) in [7, 11) is 0. The second kappa shape index (κ2) is 9.40. The fourth-order valence-electron chi connectivity index (χ4n) is 1.01. The van der Waals surface area contributed by atoms with Crippen molar-refractivity contribution < 1.29 is 14.2 Å². The Morgan fingerprint density at radius 2 is 1.13 bits per heavy atom. The summed E-state index contributed by atoms with van der Waals surface area (Å²) in [5.41, 5.74) is 0. The number of ether oxygens (including phenoxy) is 3. The van der Waals surface area contributed by atoms with Gasteiger partial charge in [0, 0.05) is 0 Å². The molecule has 0 aliphatic rings. The molecular formula is C11H23ClO3. The minimum Gasteiger partial charge on any atom is -0.327 e. The average Bonchev–Trinajstić information content (AvgIpc) is 2.29. The fourth-order valence-corrected chi connectivity index (χ4v) is 1.24. The molecule has 15 heavy (non-hydrogen) atoms. The molecule has 0 heterocycles. The molecule has 0 fully saturated rings. The minimum absolute atomic E-state index is 0.201. The number of alkyl halides is 1. The lowest BCUT2D eigenvalue weighted by atomic mass is 10.5. The van der Waals surface area contributed by atoms with Gasteiger partial charge in [0.15, 0.2) is 0 Å². The van der Waals surface area contributed by atoms with Crippen molar-refractivity contribution in [1.29, 1.82) is 0 Å². The first-order valence-corrected chi connectivity index (χ1v) is 6.26. The third kappa shape index (κ3) is 6.36. The lowest BCUT2D eigenvalue weighted by molar-refractivity contribution is -0.367. The van der Waals surface area contributed by atoms with Crippen molar-refractivity contribution >= 4 is 11.6 Å². The molecule has 0 radical (unpaired) electrons. The summed E-state index contributed by atoms with van der Waals surface area (Å²) in [6.45, 7) is 7.91. The van der Waals surface area contributed by atoms with E-state index in [-0.39, 0.29) is 5.88 Å². The molecule has 0 aromatic heterocycles. The largest absolute Gasteiger partial charge is 0.327 e.